The summed E-state index contributed by atoms with van der Waals surface area (Å²) >= 11 is 0. The van der Waals surface area contributed by atoms with Gasteiger partial charge in [-0.2, -0.15) is 0 Å². The minimum Gasteiger partial charge on any atom is -0.378 e. The summed E-state index contributed by atoms with van der Waals surface area (Å²) in [7, 11) is 0. The molecule has 0 aromatic heterocycles. The summed E-state index contributed by atoms with van der Waals surface area (Å²) in [6, 6.07) is 0. The Morgan fingerprint density at radius 3 is 1.88 bits per heavy atom. The molecule has 25 heavy (non-hydrogen) atoms. The minimum absolute atomic E-state index is 0.260. The third kappa shape index (κ3) is 9.36. The molecule has 146 valence electrons. The largest absolute Gasteiger partial charge is 0.378 e. The number of nitrogens with two attached hydrogens (primary N) is 1. The second kappa shape index (κ2) is 11.6. The first-order valence-electron chi connectivity index (χ1n) is 9.88. The fourth-order valence-corrected chi connectivity index (χ4v) is 3.21. The maximum Gasteiger partial charge on any atom is 0.219 e. The maximum absolute atomic E-state index is 11.1. The van der Waals surface area contributed by atoms with Gasteiger partial charge >= 0.3 is 0 Å². The highest BCUT2D eigenvalue weighted by Gasteiger charge is 2.26. The van der Waals surface area contributed by atoms with E-state index in [9.17, 15) is 9.59 Å². The summed E-state index contributed by atoms with van der Waals surface area (Å²) in [4.78, 5) is 21.7. The van der Waals surface area contributed by atoms with Crippen molar-refractivity contribution in [3.63, 3.8) is 0 Å². The van der Waals surface area contributed by atoms with Gasteiger partial charge in [-0.3, -0.25) is 9.59 Å². The van der Waals surface area contributed by atoms with Gasteiger partial charge in [-0.05, 0) is 52.4 Å². The summed E-state index contributed by atoms with van der Waals surface area (Å²) in [5, 5.41) is 0. The first-order chi connectivity index (χ1) is 11.8. The van der Waals surface area contributed by atoms with Gasteiger partial charge in [-0.25, -0.2) is 0 Å². The van der Waals surface area contributed by atoms with Crippen LogP contribution in [0.1, 0.15) is 79.1 Å². The van der Waals surface area contributed by atoms with Crippen LogP contribution in [0, 0.1) is 11.8 Å². The number of ether oxygens (including phenoxy) is 2. The Bertz CT molecular complexity index is 397. The molecule has 0 unspecified atom stereocenters. The molecule has 2 rings (SSSR count). The normalized spacial score (nSPS) is 23.8. The van der Waals surface area contributed by atoms with E-state index in [1.807, 2.05) is 13.8 Å². The van der Waals surface area contributed by atoms with Gasteiger partial charge in [0.15, 0.2) is 0 Å². The summed E-state index contributed by atoms with van der Waals surface area (Å²) in [5.41, 5.74) is 5.05. The fraction of sp³-hybridized carbons (Fsp3) is 0.900. The lowest BCUT2D eigenvalue weighted by atomic mass is 9.79. The number of rotatable bonds is 8. The van der Waals surface area contributed by atoms with Crippen LogP contribution < -0.4 is 5.73 Å². The van der Waals surface area contributed by atoms with Crippen molar-refractivity contribution in [1.82, 2.24) is 0 Å². The fourth-order valence-electron chi connectivity index (χ4n) is 3.21. The number of Topliss-reactive ketones (excluding diaryl/α,β-unsaturated/α-hetero) is 1. The number of hydrogen-bond acceptors (Lipinski definition) is 4. The van der Waals surface area contributed by atoms with Crippen molar-refractivity contribution in [1.29, 1.82) is 0 Å². The predicted molar refractivity (Wildman–Crippen MR) is 99.2 cm³/mol. The van der Waals surface area contributed by atoms with Crippen molar-refractivity contribution in [3.05, 3.63) is 0 Å². The lowest BCUT2D eigenvalue weighted by molar-refractivity contribution is -0.128. The Labute approximate surface area is 153 Å². The van der Waals surface area contributed by atoms with Gasteiger partial charge in [0, 0.05) is 18.3 Å². The van der Waals surface area contributed by atoms with Crippen molar-refractivity contribution < 1.29 is 19.1 Å². The number of ketones is 1. The van der Waals surface area contributed by atoms with E-state index in [4.69, 9.17) is 15.2 Å². The van der Waals surface area contributed by atoms with Crippen LogP contribution in [0.15, 0.2) is 0 Å². The van der Waals surface area contributed by atoms with E-state index in [-0.39, 0.29) is 17.9 Å². The Balaban J connectivity index is 0.000000293. The molecule has 1 amide bonds. The number of primary amides is 1. The molecule has 2 N–H and O–H groups in total. The highest BCUT2D eigenvalue weighted by Crippen LogP contribution is 2.29. The second-order valence-electron chi connectivity index (χ2n) is 7.86. The van der Waals surface area contributed by atoms with Crippen molar-refractivity contribution >= 4 is 11.7 Å². The SMILES string of the molecule is CC(C)C(=O)C1CCC1.CC(C)OC1CCC(OCCC(N)=O)CC1. The minimum atomic E-state index is -0.295. The molecule has 2 aliphatic carbocycles. The topological polar surface area (TPSA) is 78.6 Å². The zero-order valence-corrected chi connectivity index (χ0v) is 16.5. The molecule has 0 saturated heterocycles. The summed E-state index contributed by atoms with van der Waals surface area (Å²) in [6.07, 6.45) is 9.02. The molecule has 2 aliphatic rings. The van der Waals surface area contributed by atoms with Crippen LogP contribution in [0.2, 0.25) is 0 Å². The predicted octanol–water partition coefficient (Wildman–Crippen LogP) is 3.63. The van der Waals surface area contributed by atoms with E-state index in [0.29, 0.717) is 36.9 Å². The Kier molecular flexibility index (Phi) is 10.3. The lowest BCUT2D eigenvalue weighted by Gasteiger charge is -2.29. The van der Waals surface area contributed by atoms with E-state index in [1.54, 1.807) is 0 Å². The molecule has 0 bridgehead atoms. The molecular formula is C20H37NO4. The molecule has 0 aromatic rings. The van der Waals surface area contributed by atoms with Crippen molar-refractivity contribution in [2.75, 3.05) is 6.61 Å². The lowest BCUT2D eigenvalue weighted by Crippen LogP contribution is -2.29. The standard InChI is InChI=1S/C12H23NO3.C8H14O/c1-9(2)16-11-5-3-10(4-6-11)15-8-7-12(13)14;1-6(2)8(9)7-4-3-5-7/h9-11H,3-8H2,1-2H3,(H2,13,14);6-7H,3-5H2,1-2H3. The van der Waals surface area contributed by atoms with Gasteiger partial charge in [0.05, 0.1) is 24.9 Å². The third-order valence-electron chi connectivity index (χ3n) is 4.86. The number of amides is 1. The van der Waals surface area contributed by atoms with Gasteiger partial charge in [0.25, 0.3) is 0 Å². The molecule has 0 spiro atoms. The van der Waals surface area contributed by atoms with Crippen LogP contribution in [0.4, 0.5) is 0 Å². The van der Waals surface area contributed by atoms with Crippen molar-refractivity contribution in [3.8, 4) is 0 Å². The van der Waals surface area contributed by atoms with Crippen LogP contribution in [0.3, 0.4) is 0 Å². The first kappa shape index (κ1) is 22.1. The second-order valence-corrected chi connectivity index (χ2v) is 7.86. The monoisotopic (exact) mass is 355 g/mol. The molecule has 0 radical (unpaired) electrons. The van der Waals surface area contributed by atoms with E-state index in [0.717, 1.165) is 38.5 Å². The smallest absolute Gasteiger partial charge is 0.219 e. The highest BCUT2D eigenvalue weighted by molar-refractivity contribution is 5.83. The van der Waals surface area contributed by atoms with Gasteiger partial charge in [-0.1, -0.05) is 20.3 Å². The Morgan fingerprint density at radius 2 is 1.52 bits per heavy atom. The average Bonchev–Trinajstić information content (AvgIpc) is 2.47. The first-order valence-corrected chi connectivity index (χ1v) is 9.88. The van der Waals surface area contributed by atoms with Gasteiger partial charge in [0.2, 0.25) is 5.91 Å². The van der Waals surface area contributed by atoms with Crippen molar-refractivity contribution in [2.45, 2.75) is 97.4 Å². The van der Waals surface area contributed by atoms with Gasteiger partial charge in [-0.15, -0.1) is 0 Å². The summed E-state index contributed by atoms with van der Waals surface area (Å²) in [6.45, 7) is 8.56. The van der Waals surface area contributed by atoms with Crippen LogP contribution in [-0.4, -0.2) is 36.6 Å². The maximum atomic E-state index is 11.1. The average molecular weight is 356 g/mol. The van der Waals surface area contributed by atoms with Crippen LogP contribution in [-0.2, 0) is 19.1 Å². The molecule has 2 saturated carbocycles. The number of carbonyl (C=O) groups excluding carboxylic acids is 2. The van der Waals surface area contributed by atoms with Gasteiger partial charge < -0.3 is 15.2 Å². The summed E-state index contributed by atoms with van der Waals surface area (Å²) in [5.74, 6) is 0.873. The highest BCUT2D eigenvalue weighted by atomic mass is 16.5. The molecule has 0 aliphatic heterocycles. The van der Waals surface area contributed by atoms with E-state index in [1.165, 1.54) is 6.42 Å². The molecule has 0 atom stereocenters. The zero-order chi connectivity index (χ0) is 18.8. The van der Waals surface area contributed by atoms with E-state index < -0.39 is 0 Å². The Morgan fingerprint density at radius 1 is 0.960 bits per heavy atom. The van der Waals surface area contributed by atoms with Crippen LogP contribution >= 0.6 is 0 Å². The molecule has 5 nitrogen and oxygen atoms in total. The molecular weight excluding hydrogens is 318 g/mol. The van der Waals surface area contributed by atoms with Crippen LogP contribution in [0.5, 0.6) is 0 Å². The zero-order valence-electron chi connectivity index (χ0n) is 16.5. The van der Waals surface area contributed by atoms with E-state index >= 15 is 0 Å². The van der Waals surface area contributed by atoms with Gasteiger partial charge in [0.1, 0.15) is 5.78 Å². The van der Waals surface area contributed by atoms with Crippen LogP contribution in [0.25, 0.3) is 0 Å². The van der Waals surface area contributed by atoms with Crippen molar-refractivity contribution in [2.24, 2.45) is 17.6 Å². The molecule has 2 fully saturated rings. The quantitative estimate of drug-likeness (QED) is 0.721. The number of hydrogen-bond donors (Lipinski definition) is 1. The summed E-state index contributed by atoms with van der Waals surface area (Å²) < 4.78 is 11.3. The number of carbonyl (C=O) groups is 2. The van der Waals surface area contributed by atoms with E-state index in [2.05, 4.69) is 13.8 Å². The molecule has 0 heterocycles. The molecule has 0 aromatic carbocycles. The Hall–Kier alpha value is -0.940. The molecule has 5 heteroatoms. The third-order valence-corrected chi connectivity index (χ3v) is 4.86.